The molecule has 2 saturated heterocycles. The third-order valence-corrected chi connectivity index (χ3v) is 25.2. The van der Waals surface area contributed by atoms with Crippen molar-refractivity contribution < 1.29 is 54.8 Å². The summed E-state index contributed by atoms with van der Waals surface area (Å²) in [6.45, 7) is 16.2. The molecule has 0 radical (unpaired) electrons. The number of hydrogen-bond donors (Lipinski definition) is 3. The van der Waals surface area contributed by atoms with Gasteiger partial charge in [-0.2, -0.15) is 10.2 Å². The lowest BCUT2D eigenvalue weighted by atomic mass is 10.1. The zero-order valence-electron chi connectivity index (χ0n) is 38.5. The lowest BCUT2D eigenvalue weighted by Crippen LogP contribution is -2.65. The lowest BCUT2D eigenvalue weighted by Gasteiger charge is -2.51. The van der Waals surface area contributed by atoms with E-state index < -0.39 is 86.2 Å². The summed E-state index contributed by atoms with van der Waals surface area (Å²) >= 11 is 6.22. The number of nitrogens with one attached hydrogen (secondary N) is 2. The molecule has 20 nitrogen and oxygen atoms in total. The van der Waals surface area contributed by atoms with Crippen molar-refractivity contribution in [2.45, 2.75) is 147 Å². The van der Waals surface area contributed by atoms with Crippen LogP contribution in [-0.4, -0.2) is 103 Å². The topological polar surface area (TPSA) is 250 Å². The number of ether oxygens (including phenoxy) is 2. The molecule has 1 aliphatic carbocycles. The van der Waals surface area contributed by atoms with Crippen LogP contribution in [0, 0.1) is 23.2 Å². The molecule has 1 amide bonds. The summed E-state index contributed by atoms with van der Waals surface area (Å²) in [5.74, 6) is -0.975. The Hall–Kier alpha value is -2.79. The number of nitriles is 1. The van der Waals surface area contributed by atoms with E-state index in [0.717, 1.165) is 0 Å². The highest BCUT2D eigenvalue weighted by atomic mass is 32.5. The summed E-state index contributed by atoms with van der Waals surface area (Å²) in [6, 6.07) is 5.28. The highest BCUT2D eigenvalue weighted by molar-refractivity contribution is 8.07. The van der Waals surface area contributed by atoms with E-state index in [0.29, 0.717) is 12.3 Å². The van der Waals surface area contributed by atoms with E-state index in [4.69, 9.17) is 52.3 Å². The molecule has 5 heterocycles. The standard InChI is InChI=1S/C40H63N7O13P2SSi2/c1-23(2)37(48)45-40-44-36-30(38(49)46-40)13-16-47(36)39-35(34-32(56-39)21-54-64(24(3)4,25(5)6)60-65(59-34,26(7)8)27(9)10)58-62(63,52-17-11-14-41)53-20-28-18-29(19-31(28)57-61(50)51)55-33-12-15-42-22-43-33/h12-13,15-16,22-29,31-32,34-35,39,61H,11,17-21H2,1-10H3,(H,50,51)(H2,44,45,46,48,49)/t28-,29-,31+,32-,34-,35-,39-,62-/m1/s1. The Morgan fingerprint density at radius 3 is 2.42 bits per heavy atom. The van der Waals surface area contributed by atoms with Crippen molar-refractivity contribution in [3.63, 3.8) is 0 Å². The van der Waals surface area contributed by atoms with Gasteiger partial charge < -0.3 is 45.5 Å². The normalized spacial score (nSPS) is 26.8. The summed E-state index contributed by atoms with van der Waals surface area (Å²) in [6.07, 6.45) is 0.0117. The van der Waals surface area contributed by atoms with Crippen LogP contribution < -0.4 is 15.6 Å². The molecule has 3 aromatic heterocycles. The first-order valence-electron chi connectivity index (χ1n) is 22.1. The second kappa shape index (κ2) is 21.7. The Balaban J connectivity index is 1.44. The number of fused-ring (bicyclic) bond motifs is 2. The molecule has 3 N–H and O–H groups in total. The molecule has 1 saturated carbocycles. The first-order valence-corrected chi connectivity index (χ1v) is 29.8. The number of amides is 1. The summed E-state index contributed by atoms with van der Waals surface area (Å²) < 4.78 is 74.1. The molecular formula is C40H63N7O13P2SSi2. The molecule has 1 unspecified atom stereocenters. The largest absolute Gasteiger partial charge is 0.474 e. The van der Waals surface area contributed by atoms with Crippen molar-refractivity contribution in [2.75, 3.05) is 25.1 Å². The lowest BCUT2D eigenvalue weighted by molar-refractivity contribution is -0.118. The second-order valence-electron chi connectivity index (χ2n) is 18.1. The van der Waals surface area contributed by atoms with E-state index in [1.54, 1.807) is 42.9 Å². The Bertz CT molecular complexity index is 2270. The maximum absolute atomic E-state index is 13.5. The van der Waals surface area contributed by atoms with Crippen LogP contribution in [0.25, 0.3) is 11.0 Å². The number of aromatic nitrogens is 5. The van der Waals surface area contributed by atoms with Crippen molar-refractivity contribution in [2.24, 2.45) is 11.8 Å². The second-order valence-corrected chi connectivity index (χ2v) is 30.7. The monoisotopic (exact) mass is 999 g/mol. The van der Waals surface area contributed by atoms with Gasteiger partial charge in [-0.05, 0) is 46.5 Å². The van der Waals surface area contributed by atoms with Gasteiger partial charge in [0, 0.05) is 36.7 Å². The first-order chi connectivity index (χ1) is 30.7. The number of rotatable bonds is 19. The minimum absolute atomic E-state index is 0.0376. The molecule has 0 bridgehead atoms. The number of hydrogen-bond acceptors (Lipinski definition) is 17. The van der Waals surface area contributed by atoms with E-state index in [2.05, 4.69) is 86.7 Å². The van der Waals surface area contributed by atoms with E-state index in [-0.39, 0.29) is 77.7 Å². The van der Waals surface area contributed by atoms with Crippen molar-refractivity contribution >= 4 is 66.8 Å². The first kappa shape index (κ1) is 51.6. The number of anilines is 1. The molecule has 3 aliphatic rings. The fourth-order valence-electron chi connectivity index (χ4n) is 8.77. The quantitative estimate of drug-likeness (QED) is 0.0613. The fraction of sp³-hybridized carbons (Fsp3) is 0.700. The Labute approximate surface area is 387 Å². The molecule has 3 aromatic rings. The third kappa shape index (κ3) is 11.6. The fourth-order valence-corrected chi connectivity index (χ4v) is 22.6. The van der Waals surface area contributed by atoms with Gasteiger partial charge in [0.15, 0.2) is 11.9 Å². The molecule has 0 spiro atoms. The Kier molecular flexibility index (Phi) is 17.2. The minimum Gasteiger partial charge on any atom is -0.474 e. The average molecular weight is 1000 g/mol. The number of nitrogens with zero attached hydrogens (tertiary/aromatic N) is 5. The zero-order valence-corrected chi connectivity index (χ0v) is 43.2. The number of aromatic amines is 1. The van der Waals surface area contributed by atoms with Gasteiger partial charge in [-0.1, -0.05) is 69.2 Å². The Morgan fingerprint density at radius 2 is 1.80 bits per heavy atom. The van der Waals surface area contributed by atoms with E-state index in [9.17, 15) is 24.3 Å². The molecule has 65 heavy (non-hydrogen) atoms. The third-order valence-electron chi connectivity index (χ3n) is 12.1. The SMILES string of the molecule is CC(C)C(=O)Nc1nc2c(ccn2[C@@H]2O[C@@H]3CO[Si](C(C)C)(C(C)C)O[Si](C(C)C)(C(C)C)O[C@H]3[C@H]2O[P@@](=S)(OCCC#N)OC[C@H]2C[C@@H](Oc3ccncn3)C[C@@H]2O[PH](=O)O)c(=O)[nH]1. The highest BCUT2D eigenvalue weighted by Gasteiger charge is 2.63. The molecule has 0 aromatic carbocycles. The predicted octanol–water partition coefficient (Wildman–Crippen LogP) is 7.14. The van der Waals surface area contributed by atoms with Crippen LogP contribution in [0.4, 0.5) is 5.95 Å². The van der Waals surface area contributed by atoms with Crippen LogP contribution in [0.5, 0.6) is 5.88 Å². The van der Waals surface area contributed by atoms with Crippen LogP contribution in [0.2, 0.25) is 22.2 Å². The summed E-state index contributed by atoms with van der Waals surface area (Å²) in [5.41, 5.74) is -0.362. The molecular weight excluding hydrogens is 937 g/mol. The van der Waals surface area contributed by atoms with Crippen LogP contribution in [0.3, 0.4) is 0 Å². The van der Waals surface area contributed by atoms with Gasteiger partial charge in [0.05, 0.1) is 43.8 Å². The van der Waals surface area contributed by atoms with Gasteiger partial charge in [0.25, 0.3) is 5.56 Å². The Morgan fingerprint density at radius 1 is 1.09 bits per heavy atom. The number of H-pyrrole nitrogens is 1. The van der Waals surface area contributed by atoms with Crippen molar-refractivity contribution in [3.8, 4) is 11.9 Å². The number of carbonyl (C=O) groups excluding carboxylic acids is 1. The van der Waals surface area contributed by atoms with Crippen molar-refractivity contribution in [1.29, 1.82) is 5.26 Å². The van der Waals surface area contributed by atoms with Crippen LogP contribution >= 0.6 is 15.0 Å². The molecule has 9 atom stereocenters. The molecule has 2 aliphatic heterocycles. The average Bonchev–Trinajstić information content (AvgIpc) is 3.91. The van der Waals surface area contributed by atoms with E-state index in [1.165, 1.54) is 6.33 Å². The highest BCUT2D eigenvalue weighted by Crippen LogP contribution is 2.57. The van der Waals surface area contributed by atoms with E-state index >= 15 is 0 Å². The van der Waals surface area contributed by atoms with Crippen LogP contribution in [-0.2, 0) is 57.0 Å². The molecule has 3 fully saturated rings. The van der Waals surface area contributed by atoms with E-state index in [1.807, 2.05) is 0 Å². The van der Waals surface area contributed by atoms with Crippen LogP contribution in [0.15, 0.2) is 35.6 Å². The summed E-state index contributed by atoms with van der Waals surface area (Å²) in [5, 5.41) is 12.5. The van der Waals surface area contributed by atoms with Gasteiger partial charge in [0.1, 0.15) is 30.7 Å². The van der Waals surface area contributed by atoms with Crippen LogP contribution in [0.1, 0.15) is 94.7 Å². The molecule has 6 rings (SSSR count). The zero-order chi connectivity index (χ0) is 47.4. The summed E-state index contributed by atoms with van der Waals surface area (Å²) in [4.78, 5) is 51.6. The maximum atomic E-state index is 13.5. The van der Waals surface area contributed by atoms with Crippen molar-refractivity contribution in [3.05, 3.63) is 41.2 Å². The maximum Gasteiger partial charge on any atom is 0.335 e. The molecule has 25 heteroatoms. The smallest absolute Gasteiger partial charge is 0.335 e. The van der Waals surface area contributed by atoms with Gasteiger partial charge in [-0.15, -0.1) is 0 Å². The van der Waals surface area contributed by atoms with Gasteiger partial charge in [-0.3, -0.25) is 29.0 Å². The minimum atomic E-state index is -3.92. The molecule has 360 valence electrons. The van der Waals surface area contributed by atoms with Gasteiger partial charge in [-0.25, -0.2) is 9.97 Å². The predicted molar refractivity (Wildman–Crippen MR) is 248 cm³/mol. The van der Waals surface area contributed by atoms with Crippen molar-refractivity contribution in [1.82, 2.24) is 24.5 Å². The number of carbonyl (C=O) groups is 1. The van der Waals surface area contributed by atoms with Gasteiger partial charge in [0.2, 0.25) is 17.7 Å². The van der Waals surface area contributed by atoms with Gasteiger partial charge >= 0.3 is 32.1 Å². The summed E-state index contributed by atoms with van der Waals surface area (Å²) in [7, 11) is -9.72.